The number of carbonyl (C=O) groups excluding carboxylic acids is 1. The second-order valence-corrected chi connectivity index (χ2v) is 6.03. The van der Waals surface area contributed by atoms with Crippen LogP contribution in [-0.4, -0.2) is 42.0 Å². The third-order valence-corrected chi connectivity index (χ3v) is 4.20. The largest absolute Gasteiger partial charge is 0.354 e. The zero-order valence-electron chi connectivity index (χ0n) is 14.1. The van der Waals surface area contributed by atoms with Gasteiger partial charge in [-0.2, -0.15) is 5.26 Å². The van der Waals surface area contributed by atoms with Crippen LogP contribution in [0.2, 0.25) is 0 Å². The van der Waals surface area contributed by atoms with Crippen molar-refractivity contribution in [3.8, 4) is 6.07 Å². The Hall–Kier alpha value is -2.91. The van der Waals surface area contributed by atoms with Crippen LogP contribution in [0.1, 0.15) is 12.0 Å². The molecule has 0 spiro atoms. The molecule has 1 saturated heterocycles. The van der Waals surface area contributed by atoms with Crippen LogP contribution in [0.15, 0.2) is 48.7 Å². The Labute approximate surface area is 147 Å². The smallest absolute Gasteiger partial charge is 0.238 e. The molecule has 0 radical (unpaired) electrons. The highest BCUT2D eigenvalue weighted by Crippen LogP contribution is 2.16. The van der Waals surface area contributed by atoms with E-state index in [0.29, 0.717) is 0 Å². The van der Waals surface area contributed by atoms with E-state index in [-0.39, 0.29) is 12.3 Å². The highest BCUT2D eigenvalue weighted by atomic mass is 16.1. The molecule has 1 N–H and O–H groups in total. The Bertz CT molecular complexity index is 748. The van der Waals surface area contributed by atoms with Crippen molar-refractivity contribution in [1.29, 1.82) is 5.26 Å². The average Bonchev–Trinajstić information content (AvgIpc) is 2.63. The Morgan fingerprint density at radius 1 is 1.16 bits per heavy atom. The van der Waals surface area contributed by atoms with Crippen LogP contribution in [0.5, 0.6) is 0 Å². The van der Waals surface area contributed by atoms with Crippen LogP contribution in [0.3, 0.4) is 0 Å². The van der Waals surface area contributed by atoms with Crippen molar-refractivity contribution in [2.24, 2.45) is 0 Å². The summed E-state index contributed by atoms with van der Waals surface area (Å²) in [6.07, 6.45) is 1.70. The van der Waals surface area contributed by atoms with Crippen LogP contribution in [-0.2, 0) is 11.3 Å². The predicted molar refractivity (Wildman–Crippen MR) is 97.0 cm³/mol. The molecule has 6 nitrogen and oxygen atoms in total. The lowest BCUT2D eigenvalue weighted by Crippen LogP contribution is -2.46. The average molecular weight is 335 g/mol. The third kappa shape index (κ3) is 4.78. The van der Waals surface area contributed by atoms with Gasteiger partial charge in [0.15, 0.2) is 0 Å². The maximum Gasteiger partial charge on any atom is 0.238 e. The minimum atomic E-state index is -0.274. The molecule has 25 heavy (non-hydrogen) atoms. The zero-order chi connectivity index (χ0) is 17.5. The summed E-state index contributed by atoms with van der Waals surface area (Å²) >= 11 is 0. The van der Waals surface area contributed by atoms with E-state index < -0.39 is 0 Å². The lowest BCUT2D eigenvalue weighted by atomic mass is 10.1. The van der Waals surface area contributed by atoms with Crippen molar-refractivity contribution < 1.29 is 4.79 Å². The third-order valence-electron chi connectivity index (χ3n) is 4.20. The maximum atomic E-state index is 11.5. The summed E-state index contributed by atoms with van der Waals surface area (Å²) in [5.41, 5.74) is 1.89. The van der Waals surface area contributed by atoms with Gasteiger partial charge in [0.1, 0.15) is 12.2 Å². The first-order chi connectivity index (χ1) is 12.2. The van der Waals surface area contributed by atoms with Gasteiger partial charge in [-0.3, -0.25) is 9.69 Å². The quantitative estimate of drug-likeness (QED) is 0.907. The standard InChI is InChI=1S/C19H21N5O/c20-8-7-19(25)22-17-5-3-4-16(14-17)15-23-10-12-24(13-11-23)18-6-1-2-9-21-18/h1-6,9,14H,7,10-13,15H2,(H,22,25). The maximum absolute atomic E-state index is 11.5. The van der Waals surface area contributed by atoms with Crippen molar-refractivity contribution in [2.75, 3.05) is 36.4 Å². The minimum Gasteiger partial charge on any atom is -0.354 e. The van der Waals surface area contributed by atoms with Gasteiger partial charge in [0.25, 0.3) is 0 Å². The lowest BCUT2D eigenvalue weighted by Gasteiger charge is -2.35. The van der Waals surface area contributed by atoms with Gasteiger partial charge in [-0.05, 0) is 29.8 Å². The van der Waals surface area contributed by atoms with E-state index in [0.717, 1.165) is 49.8 Å². The van der Waals surface area contributed by atoms with Gasteiger partial charge < -0.3 is 10.2 Å². The summed E-state index contributed by atoms with van der Waals surface area (Å²) in [5, 5.41) is 11.3. The fraction of sp³-hybridized carbons (Fsp3) is 0.316. The molecule has 0 aliphatic carbocycles. The van der Waals surface area contributed by atoms with Crippen molar-refractivity contribution in [1.82, 2.24) is 9.88 Å². The Balaban J connectivity index is 1.54. The van der Waals surface area contributed by atoms with Gasteiger partial charge in [0.05, 0.1) is 6.07 Å². The molecular weight excluding hydrogens is 314 g/mol. The molecule has 6 heteroatoms. The molecule has 0 saturated carbocycles. The number of anilines is 2. The molecule has 1 amide bonds. The van der Waals surface area contributed by atoms with Crippen LogP contribution in [0.25, 0.3) is 0 Å². The SMILES string of the molecule is N#CCC(=O)Nc1cccc(CN2CCN(c3ccccn3)CC2)c1. The number of hydrogen-bond acceptors (Lipinski definition) is 5. The van der Waals surface area contributed by atoms with Gasteiger partial charge >= 0.3 is 0 Å². The van der Waals surface area contributed by atoms with Crippen LogP contribution in [0, 0.1) is 11.3 Å². The number of nitriles is 1. The molecule has 1 aliphatic heterocycles. The number of nitrogens with one attached hydrogen (secondary N) is 1. The number of amides is 1. The number of nitrogens with zero attached hydrogens (tertiary/aromatic N) is 4. The van der Waals surface area contributed by atoms with Crippen molar-refractivity contribution in [2.45, 2.75) is 13.0 Å². The van der Waals surface area contributed by atoms with E-state index in [9.17, 15) is 4.79 Å². The summed E-state index contributed by atoms with van der Waals surface area (Å²) < 4.78 is 0. The number of rotatable bonds is 5. The summed E-state index contributed by atoms with van der Waals surface area (Å²) in [5.74, 6) is 0.757. The predicted octanol–water partition coefficient (Wildman–Crippen LogP) is 2.26. The topological polar surface area (TPSA) is 72.3 Å². The molecule has 1 aromatic carbocycles. The van der Waals surface area contributed by atoms with Crippen LogP contribution >= 0.6 is 0 Å². The zero-order valence-corrected chi connectivity index (χ0v) is 14.1. The summed E-state index contributed by atoms with van der Waals surface area (Å²) in [7, 11) is 0. The number of aromatic nitrogens is 1. The molecule has 1 aliphatic rings. The fourth-order valence-electron chi connectivity index (χ4n) is 2.96. The second-order valence-electron chi connectivity index (χ2n) is 6.03. The normalized spacial score (nSPS) is 14.8. The lowest BCUT2D eigenvalue weighted by molar-refractivity contribution is -0.115. The van der Waals surface area contributed by atoms with Gasteiger partial charge in [0.2, 0.25) is 5.91 Å². The van der Waals surface area contributed by atoms with E-state index in [1.807, 2.05) is 48.7 Å². The monoisotopic (exact) mass is 335 g/mol. The van der Waals surface area contributed by atoms with E-state index >= 15 is 0 Å². The van der Waals surface area contributed by atoms with Gasteiger partial charge in [-0.15, -0.1) is 0 Å². The molecule has 3 rings (SSSR count). The Morgan fingerprint density at radius 2 is 2.00 bits per heavy atom. The number of hydrogen-bond donors (Lipinski definition) is 1. The van der Waals surface area contributed by atoms with Crippen LogP contribution < -0.4 is 10.2 Å². The Morgan fingerprint density at radius 3 is 2.72 bits per heavy atom. The van der Waals surface area contributed by atoms with E-state index in [1.54, 1.807) is 0 Å². The first-order valence-corrected chi connectivity index (χ1v) is 8.38. The van der Waals surface area contributed by atoms with Gasteiger partial charge in [-0.1, -0.05) is 18.2 Å². The molecule has 1 fully saturated rings. The van der Waals surface area contributed by atoms with Crippen LogP contribution in [0.4, 0.5) is 11.5 Å². The number of carbonyl (C=O) groups is 1. The van der Waals surface area contributed by atoms with E-state index in [1.165, 1.54) is 0 Å². The number of piperazine rings is 1. The summed E-state index contributed by atoms with van der Waals surface area (Å²) in [6.45, 7) is 4.70. The Kier molecular flexibility index (Phi) is 5.60. The molecule has 128 valence electrons. The highest BCUT2D eigenvalue weighted by molar-refractivity contribution is 5.92. The fourth-order valence-corrected chi connectivity index (χ4v) is 2.96. The number of pyridine rings is 1. The van der Waals surface area contributed by atoms with E-state index in [4.69, 9.17) is 5.26 Å². The molecule has 0 unspecified atom stereocenters. The summed E-state index contributed by atoms with van der Waals surface area (Å²) in [6, 6.07) is 15.7. The van der Waals surface area contributed by atoms with E-state index in [2.05, 4.69) is 26.2 Å². The van der Waals surface area contributed by atoms with Crippen molar-refractivity contribution in [3.63, 3.8) is 0 Å². The second kappa shape index (κ2) is 8.27. The number of benzene rings is 1. The molecule has 0 bridgehead atoms. The molecule has 1 aromatic heterocycles. The molecule has 2 heterocycles. The highest BCUT2D eigenvalue weighted by Gasteiger charge is 2.18. The first-order valence-electron chi connectivity index (χ1n) is 8.38. The van der Waals surface area contributed by atoms with Crippen molar-refractivity contribution in [3.05, 3.63) is 54.2 Å². The molecular formula is C19H21N5O. The van der Waals surface area contributed by atoms with Gasteiger partial charge in [0, 0.05) is 44.6 Å². The molecule has 0 atom stereocenters. The molecule has 2 aromatic rings. The summed E-state index contributed by atoms with van der Waals surface area (Å²) in [4.78, 5) is 20.6. The van der Waals surface area contributed by atoms with Gasteiger partial charge in [-0.25, -0.2) is 4.98 Å². The minimum absolute atomic E-state index is 0.125. The first kappa shape index (κ1) is 16.9. The van der Waals surface area contributed by atoms with Crippen molar-refractivity contribution >= 4 is 17.4 Å².